The molecule has 2 amide bonds. The molecule has 2 fully saturated rings. The second-order valence-corrected chi connectivity index (χ2v) is 8.90. The lowest BCUT2D eigenvalue weighted by Gasteiger charge is -2.20. The highest BCUT2D eigenvalue weighted by Crippen LogP contribution is 2.49. The number of fused-ring (bicyclic) bond motifs is 3. The summed E-state index contributed by atoms with van der Waals surface area (Å²) in [6.07, 6.45) is 11.6. The Bertz CT molecular complexity index is 616. The van der Waals surface area contributed by atoms with E-state index in [-0.39, 0.29) is 11.8 Å². The lowest BCUT2D eigenvalue weighted by molar-refractivity contribution is -0.123. The van der Waals surface area contributed by atoms with Crippen molar-refractivity contribution in [2.75, 3.05) is 0 Å². The summed E-state index contributed by atoms with van der Waals surface area (Å²) in [5.41, 5.74) is 6.57. The average Bonchev–Trinajstić information content (AvgIpc) is 3.25. The molecule has 0 radical (unpaired) electrons. The van der Waals surface area contributed by atoms with Crippen LogP contribution in [0.1, 0.15) is 71.5 Å². The number of carbonyl (C=O) groups is 2. The number of hydrogen-bond donors (Lipinski definition) is 2. The number of carbonyl (C=O) groups excluding carboxylic acids is 2. The Balaban J connectivity index is 1.28. The Morgan fingerprint density at radius 3 is 2.75 bits per heavy atom. The predicted molar refractivity (Wildman–Crippen MR) is 94.7 cm³/mol. The van der Waals surface area contributed by atoms with Gasteiger partial charge >= 0.3 is 0 Å². The fraction of sp³-hybridized carbons (Fsp3) is 0.684. The van der Waals surface area contributed by atoms with Gasteiger partial charge in [0.25, 0.3) is 5.91 Å². The normalized spacial score (nSPS) is 28.2. The largest absolute Gasteiger partial charge is 0.279 e. The van der Waals surface area contributed by atoms with Gasteiger partial charge in [-0.15, -0.1) is 11.3 Å². The molecule has 130 valence electrons. The fourth-order valence-corrected chi connectivity index (χ4v) is 6.03. The first-order valence-electron chi connectivity index (χ1n) is 9.40. The molecule has 1 heterocycles. The molecule has 24 heavy (non-hydrogen) atoms. The van der Waals surface area contributed by atoms with E-state index in [1.165, 1.54) is 55.4 Å². The maximum absolute atomic E-state index is 12.3. The molecule has 0 aromatic carbocycles. The summed E-state index contributed by atoms with van der Waals surface area (Å²) in [6.45, 7) is 0. The molecule has 4 rings (SSSR count). The smallest absolute Gasteiger partial charge is 0.273 e. The van der Waals surface area contributed by atoms with Crippen molar-refractivity contribution < 1.29 is 9.59 Å². The number of amides is 2. The maximum atomic E-state index is 12.3. The van der Waals surface area contributed by atoms with Gasteiger partial charge in [-0.1, -0.05) is 12.8 Å². The van der Waals surface area contributed by atoms with Crippen LogP contribution in [-0.4, -0.2) is 11.8 Å². The SMILES string of the molecule is O=C(CC1CC2CCC1C2)NNC(=O)c1cc2c(s1)CCCCC2. The molecule has 1 aromatic heterocycles. The summed E-state index contributed by atoms with van der Waals surface area (Å²) >= 11 is 1.59. The van der Waals surface area contributed by atoms with Crippen molar-refractivity contribution in [3.8, 4) is 0 Å². The zero-order valence-corrected chi connectivity index (χ0v) is 14.9. The molecule has 0 spiro atoms. The van der Waals surface area contributed by atoms with E-state index in [9.17, 15) is 9.59 Å². The van der Waals surface area contributed by atoms with Crippen LogP contribution in [0.3, 0.4) is 0 Å². The first-order valence-corrected chi connectivity index (χ1v) is 10.2. The topological polar surface area (TPSA) is 58.2 Å². The third-order valence-corrected chi connectivity index (χ3v) is 7.35. The van der Waals surface area contributed by atoms with E-state index in [2.05, 4.69) is 10.9 Å². The van der Waals surface area contributed by atoms with Crippen LogP contribution in [0, 0.1) is 17.8 Å². The molecule has 3 aliphatic rings. The molecule has 2 saturated carbocycles. The molecule has 0 aliphatic heterocycles. The highest BCUT2D eigenvalue weighted by atomic mass is 32.1. The molecule has 1 aromatic rings. The quantitative estimate of drug-likeness (QED) is 0.649. The molecule has 3 atom stereocenters. The van der Waals surface area contributed by atoms with Gasteiger partial charge in [0.1, 0.15) is 0 Å². The van der Waals surface area contributed by atoms with Crippen molar-refractivity contribution in [3.05, 3.63) is 21.4 Å². The van der Waals surface area contributed by atoms with Crippen LogP contribution in [0.4, 0.5) is 0 Å². The number of hydrazine groups is 1. The highest BCUT2D eigenvalue weighted by molar-refractivity contribution is 7.14. The third kappa shape index (κ3) is 3.37. The van der Waals surface area contributed by atoms with E-state index >= 15 is 0 Å². The number of aryl methyl sites for hydroxylation is 2. The highest BCUT2D eigenvalue weighted by Gasteiger charge is 2.40. The number of thiophene rings is 1. The molecule has 4 nitrogen and oxygen atoms in total. The third-order valence-electron chi connectivity index (χ3n) is 6.12. The van der Waals surface area contributed by atoms with Gasteiger partial charge in [0.15, 0.2) is 0 Å². The van der Waals surface area contributed by atoms with Crippen LogP contribution < -0.4 is 10.9 Å². The van der Waals surface area contributed by atoms with E-state index in [0.717, 1.165) is 29.6 Å². The van der Waals surface area contributed by atoms with Crippen LogP contribution in [-0.2, 0) is 17.6 Å². The monoisotopic (exact) mass is 346 g/mol. The van der Waals surface area contributed by atoms with Gasteiger partial charge in [-0.2, -0.15) is 0 Å². The minimum atomic E-state index is -0.172. The average molecular weight is 346 g/mol. The number of rotatable bonds is 3. The minimum absolute atomic E-state index is 0.0426. The van der Waals surface area contributed by atoms with Crippen molar-refractivity contribution >= 4 is 23.2 Å². The lowest BCUT2D eigenvalue weighted by atomic mass is 9.86. The molecular formula is C19H26N2O2S. The van der Waals surface area contributed by atoms with Gasteiger partial charge in [0.2, 0.25) is 5.91 Å². The lowest BCUT2D eigenvalue weighted by Crippen LogP contribution is -2.42. The van der Waals surface area contributed by atoms with E-state index < -0.39 is 0 Å². The molecule has 5 heteroatoms. The van der Waals surface area contributed by atoms with Crippen molar-refractivity contribution in [3.63, 3.8) is 0 Å². The van der Waals surface area contributed by atoms with Gasteiger partial charge in [0.05, 0.1) is 4.88 Å². The first kappa shape index (κ1) is 16.1. The summed E-state index contributed by atoms with van der Waals surface area (Å²) < 4.78 is 0. The molecule has 2 bridgehead atoms. The van der Waals surface area contributed by atoms with Gasteiger partial charge in [0, 0.05) is 11.3 Å². The first-order chi connectivity index (χ1) is 11.7. The van der Waals surface area contributed by atoms with Crippen molar-refractivity contribution in [1.82, 2.24) is 10.9 Å². The molecular weight excluding hydrogens is 320 g/mol. The van der Waals surface area contributed by atoms with E-state index in [0.29, 0.717) is 12.3 Å². The van der Waals surface area contributed by atoms with Crippen LogP contribution >= 0.6 is 11.3 Å². The summed E-state index contributed by atoms with van der Waals surface area (Å²) in [4.78, 5) is 26.5. The number of hydrogen-bond acceptors (Lipinski definition) is 3. The van der Waals surface area contributed by atoms with Crippen LogP contribution in [0.2, 0.25) is 0 Å². The molecule has 0 saturated heterocycles. The predicted octanol–water partition coefficient (Wildman–Crippen LogP) is 3.60. The zero-order valence-electron chi connectivity index (χ0n) is 14.1. The van der Waals surface area contributed by atoms with Crippen molar-refractivity contribution in [1.29, 1.82) is 0 Å². The standard InChI is InChI=1S/C19H26N2O2S/c22-18(11-15-9-12-6-7-13(15)8-12)20-21-19(23)17-10-14-4-2-1-3-5-16(14)24-17/h10,12-13,15H,1-9,11H2,(H,20,22)(H,21,23). The summed E-state index contributed by atoms with van der Waals surface area (Å²) in [7, 11) is 0. The van der Waals surface area contributed by atoms with Gasteiger partial charge in [-0.3, -0.25) is 20.4 Å². The van der Waals surface area contributed by atoms with E-state index in [1.54, 1.807) is 11.3 Å². The van der Waals surface area contributed by atoms with Crippen molar-refractivity contribution in [2.45, 2.75) is 64.2 Å². The Kier molecular flexibility index (Phi) is 4.61. The minimum Gasteiger partial charge on any atom is -0.273 e. The van der Waals surface area contributed by atoms with Gasteiger partial charge in [-0.05, 0) is 74.3 Å². The van der Waals surface area contributed by atoms with E-state index in [1.807, 2.05) is 6.07 Å². The van der Waals surface area contributed by atoms with Crippen LogP contribution in [0.15, 0.2) is 6.07 Å². The Hall–Kier alpha value is -1.36. The summed E-state index contributed by atoms with van der Waals surface area (Å²) in [5.74, 6) is 1.90. The second kappa shape index (κ2) is 6.87. The van der Waals surface area contributed by atoms with E-state index in [4.69, 9.17) is 0 Å². The second-order valence-electron chi connectivity index (χ2n) is 7.76. The zero-order chi connectivity index (χ0) is 16.5. The maximum Gasteiger partial charge on any atom is 0.279 e. The molecule has 3 unspecified atom stereocenters. The van der Waals surface area contributed by atoms with Crippen LogP contribution in [0.5, 0.6) is 0 Å². The Morgan fingerprint density at radius 2 is 1.96 bits per heavy atom. The molecule has 3 aliphatic carbocycles. The Morgan fingerprint density at radius 1 is 1.08 bits per heavy atom. The fourth-order valence-electron chi connectivity index (χ4n) is 4.88. The van der Waals surface area contributed by atoms with Gasteiger partial charge < -0.3 is 0 Å². The van der Waals surface area contributed by atoms with Crippen molar-refractivity contribution in [2.24, 2.45) is 17.8 Å². The number of nitrogens with one attached hydrogen (secondary N) is 2. The Labute approximate surface area is 147 Å². The summed E-state index contributed by atoms with van der Waals surface area (Å²) in [5, 5.41) is 0. The summed E-state index contributed by atoms with van der Waals surface area (Å²) in [6, 6.07) is 2.02. The van der Waals surface area contributed by atoms with Gasteiger partial charge in [-0.25, -0.2) is 0 Å². The van der Waals surface area contributed by atoms with Crippen LogP contribution in [0.25, 0.3) is 0 Å². The molecule has 2 N–H and O–H groups in total.